The van der Waals surface area contributed by atoms with E-state index in [1.165, 1.54) is 6.20 Å². The quantitative estimate of drug-likeness (QED) is 0.747. The Morgan fingerprint density at radius 3 is 3.00 bits per heavy atom. The fourth-order valence-corrected chi connectivity index (χ4v) is 3.24. The van der Waals surface area contributed by atoms with E-state index in [1.54, 1.807) is 10.9 Å². The molecular weight excluding hydrogens is 252 g/mol. The summed E-state index contributed by atoms with van der Waals surface area (Å²) in [4.78, 5) is 0.237. The van der Waals surface area contributed by atoms with Gasteiger partial charge in [0.2, 0.25) is 10.0 Å². The molecule has 0 radical (unpaired) electrons. The first-order chi connectivity index (χ1) is 8.56. The van der Waals surface area contributed by atoms with E-state index in [0.717, 1.165) is 19.3 Å². The van der Waals surface area contributed by atoms with Gasteiger partial charge in [-0.25, -0.2) is 13.1 Å². The van der Waals surface area contributed by atoms with Crippen LogP contribution in [0, 0.1) is 5.92 Å². The SMILES string of the molecule is CCC1CC1NS(=O)(=O)c1cnn(CCCN)c1. The molecule has 3 N–H and O–H groups in total. The molecule has 1 heterocycles. The molecule has 6 nitrogen and oxygen atoms in total. The number of aromatic nitrogens is 2. The summed E-state index contributed by atoms with van der Waals surface area (Å²) in [6, 6.07) is 0.104. The Morgan fingerprint density at radius 2 is 2.39 bits per heavy atom. The normalized spacial score (nSPS) is 23.2. The van der Waals surface area contributed by atoms with Gasteiger partial charge in [-0.1, -0.05) is 13.3 Å². The highest BCUT2D eigenvalue weighted by Gasteiger charge is 2.38. The van der Waals surface area contributed by atoms with Crippen molar-refractivity contribution in [1.82, 2.24) is 14.5 Å². The minimum Gasteiger partial charge on any atom is -0.330 e. The monoisotopic (exact) mass is 272 g/mol. The van der Waals surface area contributed by atoms with Gasteiger partial charge in [-0.15, -0.1) is 0 Å². The van der Waals surface area contributed by atoms with Crippen LogP contribution in [-0.4, -0.2) is 30.8 Å². The number of nitrogens with two attached hydrogens (primary N) is 1. The van der Waals surface area contributed by atoms with E-state index < -0.39 is 10.0 Å². The van der Waals surface area contributed by atoms with Crippen molar-refractivity contribution in [3.05, 3.63) is 12.4 Å². The first-order valence-corrected chi connectivity index (χ1v) is 7.80. The molecule has 1 aliphatic rings. The molecule has 102 valence electrons. The Balaban J connectivity index is 1.99. The van der Waals surface area contributed by atoms with Crippen LogP contribution in [0.25, 0.3) is 0 Å². The van der Waals surface area contributed by atoms with E-state index in [-0.39, 0.29) is 10.9 Å². The summed E-state index contributed by atoms with van der Waals surface area (Å²) in [5.41, 5.74) is 5.40. The van der Waals surface area contributed by atoms with Gasteiger partial charge in [-0.3, -0.25) is 4.68 Å². The largest absolute Gasteiger partial charge is 0.330 e. The van der Waals surface area contributed by atoms with Crippen molar-refractivity contribution in [1.29, 1.82) is 0 Å². The van der Waals surface area contributed by atoms with Crippen molar-refractivity contribution < 1.29 is 8.42 Å². The molecule has 0 bridgehead atoms. The zero-order chi connectivity index (χ0) is 13.2. The maximum atomic E-state index is 12.0. The lowest BCUT2D eigenvalue weighted by atomic mass is 10.3. The van der Waals surface area contributed by atoms with Crippen molar-refractivity contribution in [3.8, 4) is 0 Å². The Labute approximate surface area is 108 Å². The minimum atomic E-state index is -3.41. The minimum absolute atomic E-state index is 0.104. The van der Waals surface area contributed by atoms with Crippen molar-refractivity contribution >= 4 is 10.0 Å². The molecule has 0 aliphatic heterocycles. The second kappa shape index (κ2) is 5.38. The summed E-state index contributed by atoms with van der Waals surface area (Å²) in [5, 5.41) is 4.03. The molecule has 2 rings (SSSR count). The van der Waals surface area contributed by atoms with E-state index in [0.29, 0.717) is 19.0 Å². The molecule has 0 aromatic carbocycles. The lowest BCUT2D eigenvalue weighted by Crippen LogP contribution is -2.26. The molecule has 0 amide bonds. The highest BCUT2D eigenvalue weighted by Crippen LogP contribution is 2.34. The lowest BCUT2D eigenvalue weighted by Gasteiger charge is -2.03. The number of rotatable bonds is 7. The fourth-order valence-electron chi connectivity index (χ4n) is 1.97. The van der Waals surface area contributed by atoms with Crippen LogP contribution >= 0.6 is 0 Å². The Hall–Kier alpha value is -0.920. The molecule has 2 unspecified atom stereocenters. The number of nitrogens with zero attached hydrogens (tertiary/aromatic N) is 2. The summed E-state index contributed by atoms with van der Waals surface area (Å²) in [6.07, 6.45) is 5.69. The molecule has 0 saturated heterocycles. The Bertz CT molecular complexity index is 497. The first-order valence-electron chi connectivity index (χ1n) is 6.31. The number of aryl methyl sites for hydroxylation is 1. The fraction of sp³-hybridized carbons (Fsp3) is 0.727. The van der Waals surface area contributed by atoms with Gasteiger partial charge in [0.25, 0.3) is 0 Å². The molecular formula is C11H20N4O2S. The molecule has 7 heteroatoms. The topological polar surface area (TPSA) is 90.0 Å². The summed E-state index contributed by atoms with van der Waals surface area (Å²) in [6.45, 7) is 3.29. The molecule has 18 heavy (non-hydrogen) atoms. The maximum Gasteiger partial charge on any atom is 0.243 e. The molecule has 0 spiro atoms. The van der Waals surface area contributed by atoms with E-state index in [2.05, 4.69) is 16.7 Å². The van der Waals surface area contributed by atoms with Gasteiger partial charge in [-0.05, 0) is 25.3 Å². The predicted octanol–water partition coefficient (Wildman–Crippen LogP) is 0.309. The third-order valence-corrected chi connectivity index (χ3v) is 4.71. The van der Waals surface area contributed by atoms with Gasteiger partial charge in [0.05, 0.1) is 6.20 Å². The third kappa shape index (κ3) is 3.09. The van der Waals surface area contributed by atoms with E-state index in [9.17, 15) is 8.42 Å². The highest BCUT2D eigenvalue weighted by atomic mass is 32.2. The van der Waals surface area contributed by atoms with Crippen LogP contribution in [0.4, 0.5) is 0 Å². The van der Waals surface area contributed by atoms with Crippen molar-refractivity contribution in [2.75, 3.05) is 6.54 Å². The van der Waals surface area contributed by atoms with Crippen molar-refractivity contribution in [3.63, 3.8) is 0 Å². The Kier molecular flexibility index (Phi) is 4.04. The van der Waals surface area contributed by atoms with Crippen LogP contribution in [0.15, 0.2) is 17.3 Å². The maximum absolute atomic E-state index is 12.0. The van der Waals surface area contributed by atoms with E-state index in [4.69, 9.17) is 5.73 Å². The summed E-state index contributed by atoms with van der Waals surface area (Å²) >= 11 is 0. The molecule has 1 saturated carbocycles. The summed E-state index contributed by atoms with van der Waals surface area (Å²) < 4.78 is 28.4. The smallest absolute Gasteiger partial charge is 0.243 e. The third-order valence-electron chi connectivity index (χ3n) is 3.26. The zero-order valence-electron chi connectivity index (χ0n) is 10.5. The van der Waals surface area contributed by atoms with Gasteiger partial charge in [0, 0.05) is 18.8 Å². The van der Waals surface area contributed by atoms with Crippen molar-refractivity contribution in [2.24, 2.45) is 11.7 Å². The van der Waals surface area contributed by atoms with Gasteiger partial charge in [0.15, 0.2) is 0 Å². The van der Waals surface area contributed by atoms with Crippen LogP contribution in [-0.2, 0) is 16.6 Å². The first kappa shape index (κ1) is 13.5. The van der Waals surface area contributed by atoms with Crippen LogP contribution in [0.5, 0.6) is 0 Å². The van der Waals surface area contributed by atoms with Crippen LogP contribution < -0.4 is 10.5 Å². The second-order valence-electron chi connectivity index (χ2n) is 4.71. The molecule has 1 aromatic rings. The van der Waals surface area contributed by atoms with Crippen LogP contribution in [0.3, 0.4) is 0 Å². The Morgan fingerprint density at radius 1 is 1.61 bits per heavy atom. The zero-order valence-corrected chi connectivity index (χ0v) is 11.4. The highest BCUT2D eigenvalue weighted by molar-refractivity contribution is 7.89. The van der Waals surface area contributed by atoms with Gasteiger partial charge in [0.1, 0.15) is 4.90 Å². The molecule has 1 aromatic heterocycles. The van der Waals surface area contributed by atoms with E-state index in [1.807, 2.05) is 0 Å². The molecule has 1 fully saturated rings. The number of hydrogen-bond acceptors (Lipinski definition) is 4. The average molecular weight is 272 g/mol. The number of sulfonamides is 1. The van der Waals surface area contributed by atoms with E-state index >= 15 is 0 Å². The van der Waals surface area contributed by atoms with Gasteiger partial charge in [-0.2, -0.15) is 5.10 Å². The predicted molar refractivity (Wildman–Crippen MR) is 68.4 cm³/mol. The molecule has 2 atom stereocenters. The lowest BCUT2D eigenvalue weighted by molar-refractivity contribution is 0.572. The summed E-state index contributed by atoms with van der Waals surface area (Å²) in [7, 11) is -3.41. The second-order valence-corrected chi connectivity index (χ2v) is 6.43. The summed E-state index contributed by atoms with van der Waals surface area (Å²) in [5.74, 6) is 0.493. The average Bonchev–Trinajstić information content (AvgIpc) is 2.89. The van der Waals surface area contributed by atoms with Crippen molar-refractivity contribution in [2.45, 2.75) is 43.7 Å². The number of hydrogen-bond donors (Lipinski definition) is 2. The van der Waals surface area contributed by atoms with Crippen LogP contribution in [0.1, 0.15) is 26.2 Å². The van der Waals surface area contributed by atoms with Gasteiger partial charge >= 0.3 is 0 Å². The molecule has 1 aliphatic carbocycles. The van der Waals surface area contributed by atoms with Gasteiger partial charge < -0.3 is 5.73 Å². The van der Waals surface area contributed by atoms with Crippen LogP contribution in [0.2, 0.25) is 0 Å². The standard InChI is InChI=1S/C11H20N4O2S/c1-2-9-6-11(9)14-18(16,17)10-7-13-15(8-10)5-3-4-12/h7-9,11,14H,2-6,12H2,1H3. The number of nitrogens with one attached hydrogen (secondary N) is 1.